The first-order chi connectivity index (χ1) is 22.2. The van der Waals surface area contributed by atoms with Crippen molar-refractivity contribution in [1.82, 2.24) is 0 Å². The van der Waals surface area contributed by atoms with Gasteiger partial charge in [0, 0.05) is 24.2 Å². The van der Waals surface area contributed by atoms with Gasteiger partial charge in [-0.05, 0) is 104 Å². The van der Waals surface area contributed by atoms with E-state index in [9.17, 15) is 20.1 Å². The molecule has 0 aromatic heterocycles. The van der Waals surface area contributed by atoms with Crippen molar-refractivity contribution in [2.45, 2.75) is 163 Å². The number of aliphatic hydroxyl groups is 3. The van der Waals surface area contributed by atoms with Gasteiger partial charge in [-0.25, -0.2) is 0 Å². The number of ether oxygens (including phenoxy) is 4. The number of rotatable bonds is 5. The fourth-order valence-electron chi connectivity index (χ4n) is 14.5. The Morgan fingerprint density at radius 3 is 2.29 bits per heavy atom. The van der Waals surface area contributed by atoms with Gasteiger partial charge in [0.1, 0.15) is 12.2 Å². The number of ketones is 1. The van der Waals surface area contributed by atoms with E-state index < -0.39 is 53.8 Å². The predicted octanol–water partition coefficient (Wildman–Crippen LogP) is 5.06. The number of hydrogen-bond acceptors (Lipinski definition) is 9. The minimum atomic E-state index is -1.31. The van der Waals surface area contributed by atoms with Gasteiger partial charge in [-0.2, -0.15) is 0 Å². The van der Waals surface area contributed by atoms with Crippen LogP contribution in [0.25, 0.3) is 0 Å². The van der Waals surface area contributed by atoms with Crippen LogP contribution < -0.4 is 0 Å². The molecule has 2 heterocycles. The molecule has 6 saturated carbocycles. The minimum absolute atomic E-state index is 0.0648. The van der Waals surface area contributed by atoms with Crippen LogP contribution in [0.15, 0.2) is 0 Å². The maximum Gasteiger partial charge on any atom is 0.303 e. The quantitative estimate of drug-likeness (QED) is 0.271. The summed E-state index contributed by atoms with van der Waals surface area (Å²) in [7, 11) is 0. The molecular weight excluding hydrogens is 612 g/mol. The topological polar surface area (TPSA) is 132 Å². The van der Waals surface area contributed by atoms with Gasteiger partial charge in [-0.1, -0.05) is 48.5 Å². The van der Waals surface area contributed by atoms with Crippen molar-refractivity contribution in [2.75, 3.05) is 6.61 Å². The molecule has 17 unspecified atom stereocenters. The van der Waals surface area contributed by atoms with Crippen molar-refractivity contribution < 1.29 is 43.9 Å². The largest absolute Gasteiger partial charge is 0.457 e. The van der Waals surface area contributed by atoms with Crippen LogP contribution in [-0.4, -0.2) is 82.2 Å². The van der Waals surface area contributed by atoms with E-state index in [-0.39, 0.29) is 57.2 Å². The predicted molar refractivity (Wildman–Crippen MR) is 177 cm³/mol. The number of esters is 1. The molecule has 2 aliphatic heterocycles. The zero-order chi connectivity index (χ0) is 35.1. The second kappa shape index (κ2) is 11.0. The Bertz CT molecular complexity index is 1320. The average molecular weight is 675 g/mol. The van der Waals surface area contributed by atoms with Gasteiger partial charge in [0.15, 0.2) is 18.2 Å². The van der Waals surface area contributed by atoms with E-state index in [4.69, 9.17) is 18.9 Å². The van der Waals surface area contributed by atoms with Gasteiger partial charge in [0.2, 0.25) is 0 Å². The van der Waals surface area contributed by atoms with E-state index in [0.717, 1.165) is 38.5 Å². The van der Waals surface area contributed by atoms with Gasteiger partial charge in [-0.3, -0.25) is 9.59 Å². The Kier molecular flexibility index (Phi) is 8.06. The highest BCUT2D eigenvalue weighted by Gasteiger charge is 2.85. The van der Waals surface area contributed by atoms with Crippen LogP contribution in [0.5, 0.6) is 0 Å². The molecule has 8 rings (SSSR count). The Labute approximate surface area is 287 Å². The highest BCUT2D eigenvalue weighted by atomic mass is 16.7. The number of fused-ring (bicyclic) bond motifs is 4. The average Bonchev–Trinajstić information content (AvgIpc) is 3.19. The Morgan fingerprint density at radius 1 is 0.958 bits per heavy atom. The SMILES string of the molecule is CC(=O)OC(C1CC(C)C2C(O1)C(=O)C1(C)C3CCC45C(C)C3(CCC21C)C4CCC(OC1OCC(C)C(O)C1O)C5(C)C)C(C)(C)O. The molecular formula is C39H62O9. The first-order valence-corrected chi connectivity index (χ1v) is 18.9. The third kappa shape index (κ3) is 4.18. The molecule has 6 aliphatic carbocycles. The van der Waals surface area contributed by atoms with Gasteiger partial charge >= 0.3 is 5.97 Å². The van der Waals surface area contributed by atoms with E-state index in [0.29, 0.717) is 24.9 Å². The third-order valence-corrected chi connectivity index (χ3v) is 16.8. The molecule has 48 heavy (non-hydrogen) atoms. The Morgan fingerprint density at radius 2 is 1.65 bits per heavy atom. The first-order valence-electron chi connectivity index (χ1n) is 18.9. The van der Waals surface area contributed by atoms with Crippen molar-refractivity contribution in [1.29, 1.82) is 0 Å². The molecule has 0 aromatic rings. The van der Waals surface area contributed by atoms with Crippen molar-refractivity contribution in [3.8, 4) is 0 Å². The standard InChI is InChI=1S/C39H62O9/c1-19-17-23(32(35(7,8)44)46-22(4)40)47-30-27(19)36(9)15-16-38-21(3)39(14-13-24(38)37(36,10)31(30)43)25(38)11-12-26(34(39,5)6)48-33-29(42)28(41)20(2)18-45-33/h19-21,23-30,32-33,41-42,44H,11-18H2,1-10H3. The van der Waals surface area contributed by atoms with E-state index >= 15 is 4.79 Å². The van der Waals surface area contributed by atoms with Crippen molar-refractivity contribution in [2.24, 2.45) is 62.6 Å². The number of aliphatic hydroxyl groups excluding tert-OH is 2. The van der Waals surface area contributed by atoms with E-state index in [1.54, 1.807) is 13.8 Å². The molecule has 17 atom stereocenters. The highest BCUT2D eigenvalue weighted by Crippen LogP contribution is 2.88. The molecule has 0 aromatic carbocycles. The number of Topliss-reactive ketones (excluding diaryl/α,β-unsaturated/α-hetero) is 1. The lowest BCUT2D eigenvalue weighted by Crippen LogP contribution is -2.80. The van der Waals surface area contributed by atoms with E-state index in [2.05, 4.69) is 41.5 Å². The molecule has 0 amide bonds. The zero-order valence-corrected chi connectivity index (χ0v) is 31.0. The number of hydrogen-bond donors (Lipinski definition) is 3. The molecule has 9 nitrogen and oxygen atoms in total. The summed E-state index contributed by atoms with van der Waals surface area (Å²) in [4.78, 5) is 27.2. The van der Waals surface area contributed by atoms with Crippen molar-refractivity contribution in [3.63, 3.8) is 0 Å². The van der Waals surface area contributed by atoms with Crippen LogP contribution in [-0.2, 0) is 28.5 Å². The van der Waals surface area contributed by atoms with Gasteiger partial charge in [0.05, 0.1) is 30.5 Å². The molecule has 9 heteroatoms. The molecule has 2 spiro atoms. The molecule has 272 valence electrons. The molecule has 0 radical (unpaired) electrons. The Balaban J connectivity index is 1.17. The summed E-state index contributed by atoms with van der Waals surface area (Å²) in [5.74, 6) is 1.01. The monoisotopic (exact) mass is 674 g/mol. The molecule has 2 saturated heterocycles. The zero-order valence-electron chi connectivity index (χ0n) is 31.0. The smallest absolute Gasteiger partial charge is 0.303 e. The maximum atomic E-state index is 15.1. The summed E-state index contributed by atoms with van der Waals surface area (Å²) >= 11 is 0. The van der Waals surface area contributed by atoms with Crippen LogP contribution >= 0.6 is 0 Å². The Hall–Kier alpha value is -1.10. The summed E-state index contributed by atoms with van der Waals surface area (Å²) in [6, 6.07) is 0. The number of carbonyl (C=O) groups is 2. The van der Waals surface area contributed by atoms with Crippen molar-refractivity contribution >= 4 is 11.8 Å². The summed E-state index contributed by atoms with van der Waals surface area (Å²) in [6.45, 7) is 20.9. The molecule has 8 aliphatic rings. The first kappa shape index (κ1) is 35.3. The van der Waals surface area contributed by atoms with E-state index in [1.165, 1.54) is 6.92 Å². The molecule has 3 N–H and O–H groups in total. The van der Waals surface area contributed by atoms with Crippen molar-refractivity contribution in [3.05, 3.63) is 0 Å². The van der Waals surface area contributed by atoms with Gasteiger partial charge < -0.3 is 34.3 Å². The summed E-state index contributed by atoms with van der Waals surface area (Å²) < 4.78 is 25.0. The van der Waals surface area contributed by atoms with Gasteiger partial charge in [0.25, 0.3) is 0 Å². The lowest BCUT2D eigenvalue weighted by molar-refractivity contribution is -0.386. The van der Waals surface area contributed by atoms with Crippen LogP contribution in [0.3, 0.4) is 0 Å². The summed E-state index contributed by atoms with van der Waals surface area (Å²) in [5.41, 5.74) is -2.10. The summed E-state index contributed by atoms with van der Waals surface area (Å²) in [6.07, 6.45) is 1.80. The maximum absolute atomic E-state index is 15.1. The minimum Gasteiger partial charge on any atom is -0.457 e. The second-order valence-electron chi connectivity index (χ2n) is 19.1. The molecule has 8 fully saturated rings. The fourth-order valence-corrected chi connectivity index (χ4v) is 14.5. The number of carbonyl (C=O) groups excluding carboxylic acids is 2. The fraction of sp³-hybridized carbons (Fsp3) is 0.949. The lowest BCUT2D eigenvalue weighted by Gasteiger charge is -2.84. The van der Waals surface area contributed by atoms with Crippen LogP contribution in [0.4, 0.5) is 0 Å². The second-order valence-corrected chi connectivity index (χ2v) is 19.1. The highest BCUT2D eigenvalue weighted by molar-refractivity contribution is 5.93. The van der Waals surface area contributed by atoms with Gasteiger partial charge in [-0.15, -0.1) is 0 Å². The molecule has 2 bridgehead atoms. The van der Waals surface area contributed by atoms with Crippen LogP contribution in [0.2, 0.25) is 0 Å². The van der Waals surface area contributed by atoms with Crippen LogP contribution in [0.1, 0.15) is 114 Å². The lowest BCUT2D eigenvalue weighted by atomic mass is 9.20. The van der Waals surface area contributed by atoms with E-state index in [1.807, 2.05) is 6.92 Å². The van der Waals surface area contributed by atoms with Crippen LogP contribution in [0, 0.1) is 62.6 Å². The summed E-state index contributed by atoms with van der Waals surface area (Å²) in [5, 5.41) is 32.4. The normalized spacial score (nSPS) is 54.6. The third-order valence-electron chi connectivity index (χ3n) is 16.8.